The zero-order valence-corrected chi connectivity index (χ0v) is 15.2. The van der Waals surface area contributed by atoms with E-state index >= 15 is 0 Å². The molecule has 0 bridgehead atoms. The van der Waals surface area contributed by atoms with Gasteiger partial charge in [-0.1, -0.05) is 6.07 Å². The third-order valence-corrected chi connectivity index (χ3v) is 4.03. The number of anilines is 1. The molecule has 2 aromatic heterocycles. The van der Waals surface area contributed by atoms with Gasteiger partial charge in [-0.3, -0.25) is 14.6 Å². The predicted molar refractivity (Wildman–Crippen MR) is 101 cm³/mol. The molecular formula is C19H16F2N6O2. The summed E-state index contributed by atoms with van der Waals surface area (Å²) in [5.41, 5.74) is 6.19. The van der Waals surface area contributed by atoms with Gasteiger partial charge >= 0.3 is 0 Å². The molecule has 2 amide bonds. The quantitative estimate of drug-likeness (QED) is 0.601. The molecule has 0 saturated carbocycles. The Labute approximate surface area is 164 Å². The number of halogens is 2. The number of nitrogen functional groups attached to an aromatic ring is 1. The zero-order valence-electron chi connectivity index (χ0n) is 15.2. The van der Waals surface area contributed by atoms with E-state index in [4.69, 9.17) is 5.73 Å². The predicted octanol–water partition coefficient (Wildman–Crippen LogP) is 1.69. The second-order valence-electron chi connectivity index (χ2n) is 5.91. The monoisotopic (exact) mass is 398 g/mol. The van der Waals surface area contributed by atoms with E-state index in [1.165, 1.54) is 37.8 Å². The molecule has 4 N–H and O–H groups in total. The van der Waals surface area contributed by atoms with Crippen molar-refractivity contribution in [1.29, 1.82) is 0 Å². The van der Waals surface area contributed by atoms with Crippen molar-refractivity contribution in [3.8, 4) is 11.3 Å². The van der Waals surface area contributed by atoms with Crippen LogP contribution in [0, 0.1) is 11.6 Å². The zero-order chi connectivity index (χ0) is 21.0. The van der Waals surface area contributed by atoms with Crippen LogP contribution in [0.5, 0.6) is 0 Å². The molecule has 29 heavy (non-hydrogen) atoms. The van der Waals surface area contributed by atoms with Gasteiger partial charge in [0.1, 0.15) is 11.6 Å². The van der Waals surface area contributed by atoms with Gasteiger partial charge in [0.15, 0.2) is 11.5 Å². The van der Waals surface area contributed by atoms with Crippen molar-refractivity contribution in [2.75, 3.05) is 12.8 Å². The van der Waals surface area contributed by atoms with E-state index in [0.717, 1.165) is 12.1 Å². The van der Waals surface area contributed by atoms with E-state index in [0.29, 0.717) is 5.56 Å². The number of pyridine rings is 1. The average molecular weight is 398 g/mol. The number of rotatable bonds is 5. The molecule has 0 atom stereocenters. The van der Waals surface area contributed by atoms with Crippen molar-refractivity contribution >= 4 is 17.6 Å². The summed E-state index contributed by atoms with van der Waals surface area (Å²) in [6, 6.07) is 4.92. The van der Waals surface area contributed by atoms with E-state index in [1.54, 1.807) is 0 Å². The number of carbonyl (C=O) groups excluding carboxylic acids is 2. The maximum atomic E-state index is 13.7. The SMILES string of the molecule is CNC(=O)c1nc(-c2cncc(C(=O)NCc3c(F)cccc3F)c2)cnc1N. The van der Waals surface area contributed by atoms with Crippen molar-refractivity contribution in [3.05, 3.63) is 71.3 Å². The van der Waals surface area contributed by atoms with Crippen molar-refractivity contribution < 1.29 is 18.4 Å². The summed E-state index contributed by atoms with van der Waals surface area (Å²) in [7, 11) is 1.43. The van der Waals surface area contributed by atoms with Gasteiger partial charge in [0.25, 0.3) is 11.8 Å². The van der Waals surface area contributed by atoms with Crippen LogP contribution in [-0.4, -0.2) is 33.8 Å². The molecule has 3 aromatic rings. The Bertz CT molecular complexity index is 1070. The summed E-state index contributed by atoms with van der Waals surface area (Å²) < 4.78 is 27.4. The molecule has 0 aliphatic rings. The van der Waals surface area contributed by atoms with Crippen molar-refractivity contribution in [2.45, 2.75) is 6.54 Å². The minimum Gasteiger partial charge on any atom is -0.382 e. The van der Waals surface area contributed by atoms with Gasteiger partial charge in [-0.05, 0) is 18.2 Å². The fourth-order valence-electron chi connectivity index (χ4n) is 2.50. The third-order valence-electron chi connectivity index (χ3n) is 4.03. The van der Waals surface area contributed by atoms with Gasteiger partial charge in [0.05, 0.1) is 17.5 Å². The summed E-state index contributed by atoms with van der Waals surface area (Å²) in [6.07, 6.45) is 4.07. The summed E-state index contributed by atoms with van der Waals surface area (Å²) in [6.45, 7) is -0.329. The van der Waals surface area contributed by atoms with Gasteiger partial charge in [0, 0.05) is 37.1 Å². The van der Waals surface area contributed by atoms with Crippen LogP contribution >= 0.6 is 0 Å². The number of nitrogens with zero attached hydrogens (tertiary/aromatic N) is 3. The van der Waals surface area contributed by atoms with E-state index in [9.17, 15) is 18.4 Å². The van der Waals surface area contributed by atoms with Crippen LogP contribution in [0.25, 0.3) is 11.3 Å². The largest absolute Gasteiger partial charge is 0.382 e. The first-order valence-corrected chi connectivity index (χ1v) is 8.41. The summed E-state index contributed by atoms with van der Waals surface area (Å²) >= 11 is 0. The first-order chi connectivity index (χ1) is 13.9. The lowest BCUT2D eigenvalue weighted by Crippen LogP contribution is -2.24. The lowest BCUT2D eigenvalue weighted by atomic mass is 10.1. The molecule has 0 aliphatic heterocycles. The second kappa shape index (κ2) is 8.38. The van der Waals surface area contributed by atoms with Crippen LogP contribution in [0.2, 0.25) is 0 Å². The lowest BCUT2D eigenvalue weighted by molar-refractivity contribution is 0.0945. The van der Waals surface area contributed by atoms with E-state index in [1.807, 2.05) is 0 Å². The molecule has 8 nitrogen and oxygen atoms in total. The molecule has 2 heterocycles. The third kappa shape index (κ3) is 4.32. The Balaban J connectivity index is 1.82. The summed E-state index contributed by atoms with van der Waals surface area (Å²) in [4.78, 5) is 36.3. The van der Waals surface area contributed by atoms with Gasteiger partial charge in [-0.15, -0.1) is 0 Å². The molecular weight excluding hydrogens is 382 g/mol. The number of hydrogen-bond donors (Lipinski definition) is 3. The van der Waals surface area contributed by atoms with Crippen LogP contribution in [0.1, 0.15) is 26.4 Å². The molecule has 0 fully saturated rings. The minimum absolute atomic E-state index is 0.0399. The number of carbonyl (C=O) groups is 2. The lowest BCUT2D eigenvalue weighted by Gasteiger charge is -2.09. The minimum atomic E-state index is -0.754. The van der Waals surface area contributed by atoms with E-state index in [-0.39, 0.29) is 34.9 Å². The standard InChI is InChI=1S/C19H16F2N6O2/c1-23-19(29)16-17(22)25-9-15(27-16)10-5-11(7-24-6-10)18(28)26-8-12-13(20)3-2-4-14(12)21/h2-7,9H,8H2,1H3,(H2,22,25)(H,23,29)(H,26,28). The molecule has 148 valence electrons. The summed E-state index contributed by atoms with van der Waals surface area (Å²) in [5.74, 6) is -2.64. The van der Waals surface area contributed by atoms with Crippen molar-refractivity contribution in [3.63, 3.8) is 0 Å². The second-order valence-corrected chi connectivity index (χ2v) is 5.91. The van der Waals surface area contributed by atoms with Crippen LogP contribution < -0.4 is 16.4 Å². The smallest absolute Gasteiger partial charge is 0.273 e. The molecule has 0 spiro atoms. The number of benzene rings is 1. The number of nitrogens with one attached hydrogen (secondary N) is 2. The summed E-state index contributed by atoms with van der Waals surface area (Å²) in [5, 5.41) is 4.85. The number of nitrogens with two attached hydrogens (primary N) is 1. The first-order valence-electron chi connectivity index (χ1n) is 8.41. The van der Waals surface area contributed by atoms with E-state index < -0.39 is 23.4 Å². The highest BCUT2D eigenvalue weighted by molar-refractivity contribution is 5.97. The van der Waals surface area contributed by atoms with E-state index in [2.05, 4.69) is 25.6 Å². The van der Waals surface area contributed by atoms with Crippen LogP contribution in [0.3, 0.4) is 0 Å². The molecule has 0 radical (unpaired) electrons. The first kappa shape index (κ1) is 19.8. The van der Waals surface area contributed by atoms with Gasteiger partial charge in [0.2, 0.25) is 0 Å². The fourth-order valence-corrected chi connectivity index (χ4v) is 2.50. The van der Waals surface area contributed by atoms with Crippen LogP contribution in [-0.2, 0) is 6.54 Å². The Morgan fingerprint density at radius 2 is 1.83 bits per heavy atom. The average Bonchev–Trinajstić information content (AvgIpc) is 2.73. The molecule has 0 unspecified atom stereocenters. The van der Waals surface area contributed by atoms with Crippen molar-refractivity contribution in [1.82, 2.24) is 25.6 Å². The Hall–Kier alpha value is -3.95. The molecule has 1 aromatic carbocycles. The molecule has 3 rings (SSSR count). The number of aromatic nitrogens is 3. The Morgan fingerprint density at radius 1 is 1.10 bits per heavy atom. The Morgan fingerprint density at radius 3 is 2.52 bits per heavy atom. The maximum Gasteiger partial charge on any atom is 0.273 e. The number of amides is 2. The molecule has 0 saturated heterocycles. The van der Waals surface area contributed by atoms with Crippen LogP contribution in [0.15, 0.2) is 42.9 Å². The normalized spacial score (nSPS) is 10.4. The van der Waals surface area contributed by atoms with Gasteiger partial charge in [-0.2, -0.15) is 0 Å². The van der Waals surface area contributed by atoms with Gasteiger partial charge in [-0.25, -0.2) is 18.7 Å². The molecule has 0 aliphatic carbocycles. The van der Waals surface area contributed by atoms with Gasteiger partial charge < -0.3 is 16.4 Å². The maximum absolute atomic E-state index is 13.7. The number of hydrogen-bond acceptors (Lipinski definition) is 6. The highest BCUT2D eigenvalue weighted by atomic mass is 19.1. The Kier molecular flexibility index (Phi) is 5.72. The topological polar surface area (TPSA) is 123 Å². The highest BCUT2D eigenvalue weighted by Gasteiger charge is 2.15. The fraction of sp³-hybridized carbons (Fsp3) is 0.105. The van der Waals surface area contributed by atoms with Crippen molar-refractivity contribution in [2.24, 2.45) is 0 Å². The molecule has 10 heteroatoms. The highest BCUT2D eigenvalue weighted by Crippen LogP contribution is 2.19. The van der Waals surface area contributed by atoms with Crippen LogP contribution in [0.4, 0.5) is 14.6 Å².